The Bertz CT molecular complexity index is 3200. The highest BCUT2D eigenvalue weighted by Gasteiger charge is 2.22. The zero-order valence-corrected chi connectivity index (χ0v) is 28.2. The normalized spacial score (nSPS) is 12.0. The van der Waals surface area contributed by atoms with Crippen LogP contribution in [-0.2, 0) is 0 Å². The lowest BCUT2D eigenvalue weighted by Gasteiger charge is -2.23. The largest absolute Gasteiger partial charge is 0.456 e. The topological polar surface area (TPSA) is 31.2 Å². The molecule has 0 unspecified atom stereocenters. The molecule has 0 saturated carbocycles. The van der Waals surface area contributed by atoms with E-state index in [-0.39, 0.29) is 16.4 Å². The van der Waals surface area contributed by atoms with Gasteiger partial charge >= 0.3 is 0 Å². The molecule has 0 aliphatic heterocycles. The quantitative estimate of drug-likeness (QED) is 0.274. The van der Waals surface area contributed by atoms with Crippen molar-refractivity contribution >= 4 is 172 Å². The van der Waals surface area contributed by atoms with Gasteiger partial charge in [0.1, 0.15) is 79.5 Å². The van der Waals surface area contributed by atoms with Gasteiger partial charge in [0.05, 0.1) is 16.7 Å². The second-order valence-electron chi connectivity index (χ2n) is 13.4. The van der Waals surface area contributed by atoms with Crippen molar-refractivity contribution in [3.63, 3.8) is 0 Å². The molecule has 3 heterocycles. The van der Waals surface area contributed by atoms with Crippen molar-refractivity contribution in [2.45, 2.75) is 0 Å². The number of benzene rings is 7. The van der Waals surface area contributed by atoms with Crippen LogP contribution in [0, 0.1) is 0 Å². The number of furan rings is 2. The summed E-state index contributed by atoms with van der Waals surface area (Å²) in [5.41, 5.74) is 10.3. The van der Waals surface area contributed by atoms with Crippen LogP contribution in [0.2, 0.25) is 0 Å². The molecule has 10 rings (SSSR count). The number of aromatic nitrogens is 1. The fourth-order valence-corrected chi connectivity index (χ4v) is 8.01. The summed E-state index contributed by atoms with van der Waals surface area (Å²) in [7, 11) is 52.7. The maximum Gasteiger partial charge on any atom is 0.159 e. The summed E-state index contributed by atoms with van der Waals surface area (Å²) in [6, 6.07) is 33.8. The van der Waals surface area contributed by atoms with Crippen LogP contribution in [-0.4, -0.2) is 67.3 Å². The van der Waals surface area contributed by atoms with Gasteiger partial charge in [-0.25, -0.2) is 0 Å². The van der Waals surface area contributed by atoms with Crippen LogP contribution in [0.4, 0.5) is 0 Å². The third kappa shape index (κ3) is 4.40. The molecule has 0 amide bonds. The van der Waals surface area contributed by atoms with E-state index in [1.807, 2.05) is 84.9 Å². The highest BCUT2D eigenvalue weighted by molar-refractivity contribution is 6.67. The number of rotatable bonds is 3. The van der Waals surface area contributed by atoms with E-state index in [0.717, 1.165) is 65.9 Å². The van der Waals surface area contributed by atoms with Crippen LogP contribution in [0.15, 0.2) is 112 Å². The molecule has 0 bridgehead atoms. The van der Waals surface area contributed by atoms with Crippen molar-refractivity contribution < 1.29 is 8.83 Å². The number of hydrogen-bond acceptors (Lipinski definition) is 2. The van der Waals surface area contributed by atoms with Crippen LogP contribution in [0.3, 0.4) is 0 Å². The van der Waals surface area contributed by atoms with Gasteiger partial charge in [0, 0.05) is 32.3 Å². The average Bonchev–Trinajstić information content (AvgIpc) is 3.85. The van der Waals surface area contributed by atoms with Crippen LogP contribution in [0.5, 0.6) is 0 Å². The molecule has 0 N–H and O–H groups in total. The van der Waals surface area contributed by atoms with E-state index < -0.39 is 0 Å². The Morgan fingerprint density at radius 3 is 1.68 bits per heavy atom. The minimum absolute atomic E-state index is 0.195. The monoisotopic (exact) mass is 655 g/mol. The summed E-state index contributed by atoms with van der Waals surface area (Å²) < 4.78 is 14.6. The molecule has 0 spiro atoms. The van der Waals surface area contributed by atoms with Crippen LogP contribution in [0.25, 0.3) is 93.6 Å². The molecule has 7 aromatic carbocycles. The zero-order valence-electron chi connectivity index (χ0n) is 28.2. The lowest BCUT2D eigenvalue weighted by Crippen LogP contribution is -2.47. The van der Waals surface area contributed by atoms with Gasteiger partial charge in [0.15, 0.2) is 5.58 Å². The second kappa shape index (κ2) is 11.5. The molecule has 16 radical (unpaired) electrons. The van der Waals surface area contributed by atoms with Gasteiger partial charge in [0.2, 0.25) is 0 Å². The highest BCUT2D eigenvalue weighted by atomic mass is 16.3. The third-order valence-corrected chi connectivity index (χ3v) is 10.6. The Morgan fingerprint density at radius 1 is 0.377 bits per heavy atom. The first kappa shape index (κ1) is 32.1. The SMILES string of the molecule is [B]c1c([B])c(-c2ccc3c(c2)c2ccccc2n3-c2cccc3c2oc2c([B])c([B])c([B])c([B])c23)c([B])c([B])c1-c1ccc2oc3ccccc3c2c1. The Morgan fingerprint density at radius 2 is 0.943 bits per heavy atom. The van der Waals surface area contributed by atoms with E-state index in [1.54, 1.807) is 0 Å². The molecule has 0 saturated heterocycles. The van der Waals surface area contributed by atoms with E-state index in [0.29, 0.717) is 55.0 Å². The zero-order chi connectivity index (χ0) is 36.4. The summed E-state index contributed by atoms with van der Waals surface area (Å²) in [5.74, 6) is 0. The second-order valence-corrected chi connectivity index (χ2v) is 13.4. The molecule has 3 nitrogen and oxygen atoms in total. The van der Waals surface area contributed by atoms with Crippen molar-refractivity contribution in [1.82, 2.24) is 4.57 Å². The number of nitrogens with zero attached hydrogens (tertiary/aromatic N) is 1. The standard InChI is InChI=1S/C42H17B8NO2/c43-33-30(34(44)36(46)31(35(33)45)19-13-15-29-24(17-19)21-7-2-4-11-28(21)52-29)18-12-14-26-23(16-18)20-6-1-3-9-25(20)51(26)27-10-5-8-22-32-37(47)38(48)39(49)40(50)42(32)53-41(22)27/h1-17H. The van der Waals surface area contributed by atoms with Crippen molar-refractivity contribution in [2.75, 3.05) is 0 Å². The first-order chi connectivity index (χ1) is 25.6. The van der Waals surface area contributed by atoms with Crippen molar-refractivity contribution in [2.24, 2.45) is 0 Å². The van der Waals surface area contributed by atoms with E-state index in [2.05, 4.69) is 22.8 Å². The molecule has 226 valence electrons. The molecular weight excluding hydrogens is 637 g/mol. The Labute approximate surface area is 315 Å². The smallest absolute Gasteiger partial charge is 0.159 e. The molecule has 0 aliphatic carbocycles. The molecule has 11 heteroatoms. The summed E-state index contributed by atoms with van der Waals surface area (Å²) in [4.78, 5) is 0. The van der Waals surface area contributed by atoms with Gasteiger partial charge in [-0.15, -0.1) is 10.9 Å². The molecule has 53 heavy (non-hydrogen) atoms. The van der Waals surface area contributed by atoms with Crippen molar-refractivity contribution in [3.8, 4) is 27.9 Å². The summed E-state index contributed by atoms with van der Waals surface area (Å²) in [5, 5.41) is 5.28. The van der Waals surface area contributed by atoms with Crippen LogP contribution in [0.1, 0.15) is 0 Å². The predicted molar refractivity (Wildman–Crippen MR) is 229 cm³/mol. The van der Waals surface area contributed by atoms with Crippen molar-refractivity contribution in [1.29, 1.82) is 0 Å². The summed E-state index contributed by atoms with van der Waals surface area (Å²) in [6.45, 7) is 0. The average molecular weight is 654 g/mol. The van der Waals surface area contributed by atoms with Gasteiger partial charge in [-0.3, -0.25) is 0 Å². The predicted octanol–water partition coefficient (Wildman–Crippen LogP) is 2.27. The number of hydrogen-bond donors (Lipinski definition) is 0. The maximum absolute atomic E-state index is 6.87. The molecule has 10 aromatic rings. The van der Waals surface area contributed by atoms with Gasteiger partial charge in [-0.05, 0) is 64.7 Å². The molecule has 0 atom stereocenters. The first-order valence-corrected chi connectivity index (χ1v) is 16.9. The van der Waals surface area contributed by atoms with Gasteiger partial charge in [0.25, 0.3) is 0 Å². The number of para-hydroxylation sites is 3. The Kier molecular flexibility index (Phi) is 6.96. The lowest BCUT2D eigenvalue weighted by atomic mass is 9.62. The van der Waals surface area contributed by atoms with Crippen LogP contribution < -0.4 is 43.7 Å². The van der Waals surface area contributed by atoms with Crippen molar-refractivity contribution in [3.05, 3.63) is 103 Å². The van der Waals surface area contributed by atoms with Gasteiger partial charge in [-0.1, -0.05) is 93.4 Å². The Hall–Kier alpha value is -5.54. The molecular formula is C42H17B8NO2. The maximum atomic E-state index is 6.87. The van der Waals surface area contributed by atoms with Crippen LogP contribution >= 0.6 is 0 Å². The summed E-state index contributed by atoms with van der Waals surface area (Å²) in [6.07, 6.45) is 0. The fraction of sp³-hybridized carbons (Fsp3) is 0. The third-order valence-electron chi connectivity index (χ3n) is 10.6. The molecule has 3 aromatic heterocycles. The highest BCUT2D eigenvalue weighted by Crippen LogP contribution is 2.38. The first-order valence-electron chi connectivity index (χ1n) is 16.9. The van der Waals surface area contributed by atoms with Gasteiger partial charge in [-0.2, -0.15) is 0 Å². The minimum Gasteiger partial charge on any atom is -0.456 e. The van der Waals surface area contributed by atoms with E-state index in [9.17, 15) is 0 Å². The van der Waals surface area contributed by atoms with E-state index >= 15 is 0 Å². The molecule has 0 aliphatic rings. The number of fused-ring (bicyclic) bond motifs is 9. The summed E-state index contributed by atoms with van der Waals surface area (Å²) >= 11 is 0. The van der Waals surface area contributed by atoms with E-state index in [1.165, 1.54) is 0 Å². The minimum atomic E-state index is 0.195. The van der Waals surface area contributed by atoms with Gasteiger partial charge < -0.3 is 13.4 Å². The molecule has 0 fully saturated rings. The lowest BCUT2D eigenvalue weighted by molar-refractivity contribution is 0.669. The Balaban J connectivity index is 1.17. The fourth-order valence-electron chi connectivity index (χ4n) is 8.01. The van der Waals surface area contributed by atoms with E-state index in [4.69, 9.17) is 71.6 Å².